The number of hydrogen-bond acceptors (Lipinski definition) is 4. The van der Waals surface area contributed by atoms with Crippen molar-refractivity contribution in [2.24, 2.45) is 0 Å². The first-order valence-electron chi connectivity index (χ1n) is 8.06. The van der Waals surface area contributed by atoms with Gasteiger partial charge in [-0.15, -0.1) is 0 Å². The fraction of sp³-hybridized carbons (Fsp3) is 0.211. The summed E-state index contributed by atoms with van der Waals surface area (Å²) in [6.45, 7) is 0.900. The molecule has 1 aliphatic heterocycles. The Kier molecular flexibility index (Phi) is 4.13. The van der Waals surface area contributed by atoms with Crippen LogP contribution in [0.25, 0.3) is 16.9 Å². The van der Waals surface area contributed by atoms with Crippen LogP contribution in [-0.4, -0.2) is 30.5 Å². The number of halogens is 1. The molecule has 1 N–H and O–H groups in total. The van der Waals surface area contributed by atoms with Gasteiger partial charge in [0.25, 0.3) is 0 Å². The summed E-state index contributed by atoms with van der Waals surface area (Å²) in [4.78, 5) is 0. The minimum Gasteiger partial charge on any atom is -0.497 e. The Balaban J connectivity index is 1.94. The van der Waals surface area contributed by atoms with Crippen molar-refractivity contribution >= 4 is 21.7 Å². The summed E-state index contributed by atoms with van der Waals surface area (Å²) >= 11 is 3.62. The van der Waals surface area contributed by atoms with Crippen molar-refractivity contribution in [3.05, 3.63) is 52.5 Å². The molecule has 25 heavy (non-hydrogen) atoms. The molecule has 0 saturated heterocycles. The molecule has 6 heteroatoms. The number of nitrogens with zero attached hydrogens (tertiary/aromatic N) is 2. The van der Waals surface area contributed by atoms with Crippen LogP contribution in [0, 0.1) is 0 Å². The third kappa shape index (κ3) is 2.66. The van der Waals surface area contributed by atoms with Crippen LogP contribution in [0.5, 0.6) is 11.5 Å². The van der Waals surface area contributed by atoms with Crippen molar-refractivity contribution in [3.8, 4) is 28.4 Å². The van der Waals surface area contributed by atoms with Crippen molar-refractivity contribution < 1.29 is 9.47 Å². The molecule has 0 atom stereocenters. The number of nitrogens with one attached hydrogen (secondary N) is 1. The first-order chi connectivity index (χ1) is 12.2. The second-order valence-electron chi connectivity index (χ2n) is 5.78. The molecule has 0 fully saturated rings. The molecular formula is C19H18BrN3O2. The van der Waals surface area contributed by atoms with Gasteiger partial charge in [-0.2, -0.15) is 5.10 Å². The second-order valence-corrected chi connectivity index (χ2v) is 6.64. The van der Waals surface area contributed by atoms with Gasteiger partial charge in [0.1, 0.15) is 23.0 Å². The van der Waals surface area contributed by atoms with E-state index in [1.54, 1.807) is 14.2 Å². The lowest BCUT2D eigenvalue weighted by Crippen LogP contribution is -2.05. The average molecular weight is 400 g/mol. The molecule has 0 radical (unpaired) electrons. The number of fused-ring (bicyclic) bond motifs is 1. The Labute approximate surface area is 154 Å². The van der Waals surface area contributed by atoms with Crippen molar-refractivity contribution in [3.63, 3.8) is 0 Å². The number of aromatic nitrogens is 2. The number of ether oxygens (including phenoxy) is 2. The largest absolute Gasteiger partial charge is 0.497 e. The predicted molar refractivity (Wildman–Crippen MR) is 102 cm³/mol. The minimum absolute atomic E-state index is 0.783. The quantitative estimate of drug-likeness (QED) is 0.710. The van der Waals surface area contributed by atoms with Crippen LogP contribution >= 0.6 is 15.9 Å². The Morgan fingerprint density at radius 3 is 2.72 bits per heavy atom. The van der Waals surface area contributed by atoms with E-state index in [0.717, 1.165) is 51.7 Å². The van der Waals surface area contributed by atoms with Crippen LogP contribution in [0.1, 0.15) is 5.56 Å². The summed E-state index contributed by atoms with van der Waals surface area (Å²) < 4.78 is 13.9. The van der Waals surface area contributed by atoms with Gasteiger partial charge in [0.05, 0.1) is 19.9 Å². The molecule has 0 amide bonds. The summed E-state index contributed by atoms with van der Waals surface area (Å²) in [5.74, 6) is 2.60. The zero-order chi connectivity index (χ0) is 17.4. The van der Waals surface area contributed by atoms with Crippen LogP contribution in [0.4, 0.5) is 5.82 Å². The van der Waals surface area contributed by atoms with Crippen molar-refractivity contribution in [1.82, 2.24) is 9.78 Å². The van der Waals surface area contributed by atoms with Gasteiger partial charge in [-0.25, -0.2) is 4.68 Å². The molecule has 0 aliphatic carbocycles. The van der Waals surface area contributed by atoms with E-state index in [0.29, 0.717) is 0 Å². The number of methoxy groups -OCH3 is 2. The molecule has 0 unspecified atom stereocenters. The Morgan fingerprint density at radius 2 is 1.96 bits per heavy atom. The van der Waals surface area contributed by atoms with Crippen molar-refractivity contribution in [2.45, 2.75) is 6.42 Å². The number of para-hydroxylation sites is 1. The fourth-order valence-electron chi connectivity index (χ4n) is 3.19. The molecule has 0 bridgehead atoms. The van der Waals surface area contributed by atoms with Gasteiger partial charge in [-0.05, 0) is 52.7 Å². The van der Waals surface area contributed by atoms with Crippen LogP contribution in [0.2, 0.25) is 0 Å². The zero-order valence-corrected chi connectivity index (χ0v) is 15.6. The first-order valence-corrected chi connectivity index (χ1v) is 8.85. The van der Waals surface area contributed by atoms with Crippen LogP contribution in [0.15, 0.2) is 46.9 Å². The molecule has 128 valence electrons. The highest BCUT2D eigenvalue weighted by Gasteiger charge is 2.26. The maximum absolute atomic E-state index is 5.56. The highest BCUT2D eigenvalue weighted by Crippen LogP contribution is 2.40. The predicted octanol–water partition coefficient (Wildman–Crippen LogP) is 4.29. The summed E-state index contributed by atoms with van der Waals surface area (Å²) in [6, 6.07) is 13.9. The third-order valence-electron chi connectivity index (χ3n) is 4.39. The molecule has 4 rings (SSSR count). The summed E-state index contributed by atoms with van der Waals surface area (Å²) in [7, 11) is 3.34. The Morgan fingerprint density at radius 1 is 1.12 bits per heavy atom. The molecule has 5 nitrogen and oxygen atoms in total. The van der Waals surface area contributed by atoms with E-state index in [1.165, 1.54) is 5.56 Å². The van der Waals surface area contributed by atoms with Gasteiger partial charge in [-0.1, -0.05) is 12.1 Å². The lowest BCUT2D eigenvalue weighted by Gasteiger charge is -2.10. The summed E-state index contributed by atoms with van der Waals surface area (Å²) in [5, 5.41) is 8.36. The highest BCUT2D eigenvalue weighted by atomic mass is 79.9. The van der Waals surface area contributed by atoms with Gasteiger partial charge < -0.3 is 14.8 Å². The van der Waals surface area contributed by atoms with E-state index in [-0.39, 0.29) is 0 Å². The van der Waals surface area contributed by atoms with Gasteiger partial charge in [0.15, 0.2) is 0 Å². The molecule has 1 aliphatic rings. The van der Waals surface area contributed by atoms with Crippen LogP contribution in [-0.2, 0) is 6.42 Å². The van der Waals surface area contributed by atoms with E-state index in [2.05, 4.69) is 21.2 Å². The van der Waals surface area contributed by atoms with Gasteiger partial charge in [-0.3, -0.25) is 0 Å². The maximum atomic E-state index is 5.56. The highest BCUT2D eigenvalue weighted by molar-refractivity contribution is 9.10. The average Bonchev–Trinajstić information content (AvgIpc) is 3.24. The zero-order valence-electron chi connectivity index (χ0n) is 14.0. The standard InChI is InChI=1S/C19H18BrN3O2/c1-24-12-7-8-17(25-2)14(11-12)18-13-9-10-21-19(13)23(22-18)16-6-4-3-5-15(16)20/h3-8,11,21H,9-10H2,1-2H3. The Hall–Kier alpha value is -2.47. The molecule has 1 aromatic heterocycles. The normalized spacial score (nSPS) is 12.6. The molecule has 0 spiro atoms. The number of benzene rings is 2. The third-order valence-corrected chi connectivity index (χ3v) is 5.06. The van der Waals surface area contributed by atoms with Gasteiger partial charge in [0.2, 0.25) is 0 Å². The number of hydrogen-bond donors (Lipinski definition) is 1. The van der Waals surface area contributed by atoms with E-state index in [1.807, 2.05) is 47.1 Å². The van der Waals surface area contributed by atoms with E-state index in [9.17, 15) is 0 Å². The minimum atomic E-state index is 0.783. The fourth-order valence-corrected chi connectivity index (χ4v) is 3.64. The van der Waals surface area contributed by atoms with Gasteiger partial charge in [0, 0.05) is 22.1 Å². The van der Waals surface area contributed by atoms with E-state index < -0.39 is 0 Å². The monoisotopic (exact) mass is 399 g/mol. The molecule has 2 heterocycles. The van der Waals surface area contributed by atoms with Crippen molar-refractivity contribution in [2.75, 3.05) is 26.1 Å². The van der Waals surface area contributed by atoms with E-state index in [4.69, 9.17) is 14.6 Å². The second kappa shape index (κ2) is 6.44. The first kappa shape index (κ1) is 16.0. The number of anilines is 1. The number of rotatable bonds is 4. The van der Waals surface area contributed by atoms with Crippen molar-refractivity contribution in [1.29, 1.82) is 0 Å². The van der Waals surface area contributed by atoms with Gasteiger partial charge >= 0.3 is 0 Å². The smallest absolute Gasteiger partial charge is 0.133 e. The molecule has 0 saturated carbocycles. The van der Waals surface area contributed by atoms with Crippen LogP contribution < -0.4 is 14.8 Å². The SMILES string of the molecule is COc1ccc(OC)c(-c2nn(-c3ccccc3Br)c3c2CCN3)c1. The summed E-state index contributed by atoms with van der Waals surface area (Å²) in [6.07, 6.45) is 0.926. The van der Waals surface area contributed by atoms with E-state index >= 15 is 0 Å². The van der Waals surface area contributed by atoms with Crippen LogP contribution in [0.3, 0.4) is 0 Å². The molecule has 3 aromatic rings. The molecular weight excluding hydrogens is 382 g/mol. The Bertz CT molecular complexity index is 936. The topological polar surface area (TPSA) is 48.3 Å². The maximum Gasteiger partial charge on any atom is 0.133 e. The molecule has 2 aromatic carbocycles. The lowest BCUT2D eigenvalue weighted by molar-refractivity contribution is 0.404. The summed E-state index contributed by atoms with van der Waals surface area (Å²) in [5.41, 5.74) is 4.06. The lowest BCUT2D eigenvalue weighted by atomic mass is 10.1.